The molecular weight excluding hydrogens is 294 g/mol. The van der Waals surface area contributed by atoms with Crippen LogP contribution in [0.2, 0.25) is 0 Å². The molecule has 0 radical (unpaired) electrons. The zero-order valence-electron chi connectivity index (χ0n) is 13.1. The Morgan fingerprint density at radius 3 is 2.43 bits per heavy atom. The van der Waals surface area contributed by atoms with E-state index in [9.17, 15) is 4.79 Å². The lowest BCUT2D eigenvalue weighted by molar-refractivity contribution is 0.0734. The van der Waals surface area contributed by atoms with Crippen LogP contribution in [0, 0.1) is 6.92 Å². The Bertz CT molecular complexity index is 720. The second-order valence-electron chi connectivity index (χ2n) is 4.83. The van der Waals surface area contributed by atoms with E-state index in [1.54, 1.807) is 36.4 Å². The molecule has 0 aromatic heterocycles. The normalized spacial score (nSPS) is 10.0. The van der Waals surface area contributed by atoms with Crippen LogP contribution in [0.3, 0.4) is 0 Å². The smallest absolute Gasteiger partial charge is 0.343 e. The highest BCUT2D eigenvalue weighted by atomic mass is 16.5. The summed E-state index contributed by atoms with van der Waals surface area (Å²) in [6, 6.07) is 11.7. The molecule has 0 unspecified atom stereocenters. The number of carbonyl (C=O) groups excluding carboxylic acids is 1. The average molecular weight is 313 g/mol. The molecule has 23 heavy (non-hydrogen) atoms. The molecule has 0 fully saturated rings. The summed E-state index contributed by atoms with van der Waals surface area (Å²) in [5, 5.41) is 0. The van der Waals surface area contributed by atoms with Gasteiger partial charge in [-0.2, -0.15) is 0 Å². The number of ether oxygens (including phenoxy) is 2. The van der Waals surface area contributed by atoms with Crippen LogP contribution in [0.4, 0.5) is 5.69 Å². The van der Waals surface area contributed by atoms with Crippen molar-refractivity contribution in [2.75, 3.05) is 6.61 Å². The van der Waals surface area contributed by atoms with Crippen LogP contribution in [0.5, 0.6) is 11.5 Å². The number of aryl methyl sites for hydroxylation is 1. The minimum atomic E-state index is -0.465. The SMILES string of the molecule is CCOc1cc(OC(=O)c2ccc(N=C(N)N)cc2)ccc1C. The number of nitrogens with two attached hydrogens (primary N) is 2. The van der Waals surface area contributed by atoms with Crippen molar-refractivity contribution in [3.05, 3.63) is 53.6 Å². The van der Waals surface area contributed by atoms with Gasteiger partial charge < -0.3 is 20.9 Å². The van der Waals surface area contributed by atoms with Gasteiger partial charge in [0.05, 0.1) is 17.9 Å². The number of benzene rings is 2. The molecule has 0 bridgehead atoms. The Morgan fingerprint density at radius 1 is 1.13 bits per heavy atom. The molecule has 0 heterocycles. The number of guanidine groups is 1. The lowest BCUT2D eigenvalue weighted by Gasteiger charge is -2.10. The van der Waals surface area contributed by atoms with Gasteiger partial charge in [-0.1, -0.05) is 6.07 Å². The molecular formula is C17H19N3O3. The van der Waals surface area contributed by atoms with Crippen molar-refractivity contribution in [2.24, 2.45) is 16.5 Å². The van der Waals surface area contributed by atoms with E-state index in [2.05, 4.69) is 4.99 Å². The molecule has 0 amide bonds. The predicted octanol–water partition coefficient (Wildman–Crippen LogP) is 2.52. The molecule has 0 spiro atoms. The topological polar surface area (TPSA) is 99.9 Å². The Hall–Kier alpha value is -3.02. The zero-order valence-corrected chi connectivity index (χ0v) is 13.1. The third-order valence-corrected chi connectivity index (χ3v) is 3.03. The zero-order chi connectivity index (χ0) is 16.8. The molecule has 0 atom stereocenters. The summed E-state index contributed by atoms with van der Waals surface area (Å²) < 4.78 is 10.8. The first-order valence-electron chi connectivity index (χ1n) is 7.15. The molecule has 0 saturated heterocycles. The number of esters is 1. The Balaban J connectivity index is 2.12. The fourth-order valence-electron chi connectivity index (χ4n) is 1.94. The fourth-order valence-corrected chi connectivity index (χ4v) is 1.94. The second kappa shape index (κ2) is 7.31. The summed E-state index contributed by atoms with van der Waals surface area (Å²) >= 11 is 0. The number of hydrogen-bond donors (Lipinski definition) is 2. The Morgan fingerprint density at radius 2 is 1.83 bits per heavy atom. The molecule has 0 saturated carbocycles. The summed E-state index contributed by atoms with van der Waals surface area (Å²) in [6.07, 6.45) is 0. The van der Waals surface area contributed by atoms with Crippen molar-refractivity contribution >= 4 is 17.6 Å². The third kappa shape index (κ3) is 4.47. The minimum Gasteiger partial charge on any atom is -0.493 e. The highest BCUT2D eigenvalue weighted by molar-refractivity contribution is 5.91. The largest absolute Gasteiger partial charge is 0.493 e. The number of aliphatic imine (C=N–C) groups is 1. The molecule has 120 valence electrons. The average Bonchev–Trinajstić information content (AvgIpc) is 2.51. The number of nitrogens with zero attached hydrogens (tertiary/aromatic N) is 1. The molecule has 6 nitrogen and oxygen atoms in total. The van der Waals surface area contributed by atoms with E-state index in [4.69, 9.17) is 20.9 Å². The molecule has 0 aliphatic heterocycles. The van der Waals surface area contributed by atoms with E-state index in [1.165, 1.54) is 0 Å². The predicted molar refractivity (Wildman–Crippen MR) is 89.2 cm³/mol. The van der Waals surface area contributed by atoms with Gasteiger partial charge in [-0.15, -0.1) is 0 Å². The van der Waals surface area contributed by atoms with Gasteiger partial charge in [-0.3, -0.25) is 0 Å². The van der Waals surface area contributed by atoms with Crippen molar-refractivity contribution < 1.29 is 14.3 Å². The molecule has 0 aliphatic rings. The van der Waals surface area contributed by atoms with Crippen LogP contribution in [-0.4, -0.2) is 18.5 Å². The molecule has 2 aromatic rings. The fraction of sp³-hybridized carbons (Fsp3) is 0.176. The van der Waals surface area contributed by atoms with Gasteiger partial charge in [0, 0.05) is 6.07 Å². The minimum absolute atomic E-state index is 0.0385. The Labute approximate surface area is 134 Å². The van der Waals surface area contributed by atoms with Crippen molar-refractivity contribution in [3.8, 4) is 11.5 Å². The first-order valence-corrected chi connectivity index (χ1v) is 7.15. The van der Waals surface area contributed by atoms with Crippen LogP contribution in [0.25, 0.3) is 0 Å². The molecule has 6 heteroatoms. The van der Waals surface area contributed by atoms with E-state index >= 15 is 0 Å². The van der Waals surface area contributed by atoms with Crippen LogP contribution >= 0.6 is 0 Å². The second-order valence-corrected chi connectivity index (χ2v) is 4.83. The highest BCUT2D eigenvalue weighted by Crippen LogP contribution is 2.25. The number of hydrogen-bond acceptors (Lipinski definition) is 4. The highest BCUT2D eigenvalue weighted by Gasteiger charge is 2.10. The van der Waals surface area contributed by atoms with E-state index in [-0.39, 0.29) is 5.96 Å². The summed E-state index contributed by atoms with van der Waals surface area (Å²) in [5.74, 6) is 0.620. The van der Waals surface area contributed by atoms with Crippen LogP contribution in [0.1, 0.15) is 22.8 Å². The maximum atomic E-state index is 12.2. The third-order valence-electron chi connectivity index (χ3n) is 3.03. The number of rotatable bonds is 5. The molecule has 2 aromatic carbocycles. The quantitative estimate of drug-likeness (QED) is 0.382. The van der Waals surface area contributed by atoms with Gasteiger partial charge in [0.15, 0.2) is 5.96 Å². The van der Waals surface area contributed by atoms with Gasteiger partial charge in [-0.25, -0.2) is 9.79 Å². The van der Waals surface area contributed by atoms with Crippen molar-refractivity contribution in [2.45, 2.75) is 13.8 Å². The maximum Gasteiger partial charge on any atom is 0.343 e. The Kier molecular flexibility index (Phi) is 5.19. The van der Waals surface area contributed by atoms with E-state index in [0.29, 0.717) is 29.4 Å². The van der Waals surface area contributed by atoms with Crippen molar-refractivity contribution in [1.82, 2.24) is 0 Å². The van der Waals surface area contributed by atoms with Crippen LogP contribution in [-0.2, 0) is 0 Å². The lowest BCUT2D eigenvalue weighted by Crippen LogP contribution is -2.21. The van der Waals surface area contributed by atoms with E-state index in [1.807, 2.05) is 19.9 Å². The number of carbonyl (C=O) groups is 1. The first kappa shape index (κ1) is 16.4. The lowest BCUT2D eigenvalue weighted by atomic mass is 10.2. The van der Waals surface area contributed by atoms with Crippen molar-refractivity contribution in [3.63, 3.8) is 0 Å². The molecule has 4 N–H and O–H groups in total. The molecule has 2 rings (SSSR count). The molecule has 0 aliphatic carbocycles. The summed E-state index contributed by atoms with van der Waals surface area (Å²) in [6.45, 7) is 4.37. The maximum absolute atomic E-state index is 12.2. The standard InChI is InChI=1S/C17H19N3O3/c1-3-22-15-10-14(9-4-11(15)2)23-16(21)12-5-7-13(8-6-12)20-17(18)19/h4-10H,3H2,1-2H3,(H4,18,19,20). The first-order chi connectivity index (χ1) is 11.0. The van der Waals surface area contributed by atoms with E-state index < -0.39 is 5.97 Å². The monoisotopic (exact) mass is 313 g/mol. The van der Waals surface area contributed by atoms with Gasteiger partial charge in [0.25, 0.3) is 0 Å². The van der Waals surface area contributed by atoms with E-state index in [0.717, 1.165) is 5.56 Å². The summed E-state index contributed by atoms with van der Waals surface area (Å²) in [5.41, 5.74) is 12.5. The summed E-state index contributed by atoms with van der Waals surface area (Å²) in [7, 11) is 0. The van der Waals surface area contributed by atoms with Crippen LogP contribution < -0.4 is 20.9 Å². The van der Waals surface area contributed by atoms with Gasteiger partial charge in [-0.05, 0) is 49.7 Å². The van der Waals surface area contributed by atoms with Crippen LogP contribution in [0.15, 0.2) is 47.5 Å². The van der Waals surface area contributed by atoms with Gasteiger partial charge in [0.1, 0.15) is 11.5 Å². The van der Waals surface area contributed by atoms with Gasteiger partial charge in [0.2, 0.25) is 0 Å². The van der Waals surface area contributed by atoms with Crippen molar-refractivity contribution in [1.29, 1.82) is 0 Å². The van der Waals surface area contributed by atoms with Gasteiger partial charge >= 0.3 is 5.97 Å². The summed E-state index contributed by atoms with van der Waals surface area (Å²) in [4.78, 5) is 16.0.